The van der Waals surface area contributed by atoms with Gasteiger partial charge in [-0.05, 0) is 41.3 Å². The average molecular weight is 372 g/mol. The van der Waals surface area contributed by atoms with Gasteiger partial charge in [-0.15, -0.1) is 11.3 Å². The van der Waals surface area contributed by atoms with Crippen molar-refractivity contribution < 1.29 is 9.90 Å². The van der Waals surface area contributed by atoms with Crippen molar-refractivity contribution in [2.75, 3.05) is 0 Å². The van der Waals surface area contributed by atoms with E-state index in [-0.39, 0.29) is 5.56 Å². The summed E-state index contributed by atoms with van der Waals surface area (Å²) in [4.78, 5) is 16.4. The third kappa shape index (κ3) is 3.70. The lowest BCUT2D eigenvalue weighted by molar-refractivity contribution is -0.255. The van der Waals surface area contributed by atoms with E-state index in [1.165, 1.54) is 12.1 Å². The smallest absolute Gasteiger partial charge is 0.111 e. The number of hydrogen-bond acceptors (Lipinski definition) is 5. The summed E-state index contributed by atoms with van der Waals surface area (Å²) in [5.41, 5.74) is 3.48. The average Bonchev–Trinajstić information content (AvgIpc) is 3.37. The van der Waals surface area contributed by atoms with Crippen LogP contribution in [0.1, 0.15) is 15.9 Å². The van der Waals surface area contributed by atoms with Crippen LogP contribution in [0.15, 0.2) is 83.3 Å². The zero-order valence-corrected chi connectivity index (χ0v) is 15.0. The van der Waals surface area contributed by atoms with Crippen molar-refractivity contribution in [1.82, 2.24) is 9.78 Å². The van der Waals surface area contributed by atoms with Gasteiger partial charge in [0.05, 0.1) is 22.2 Å². The Kier molecular flexibility index (Phi) is 4.63. The van der Waals surface area contributed by atoms with E-state index in [9.17, 15) is 9.90 Å². The number of carboxylic acids is 1. The van der Waals surface area contributed by atoms with Crippen LogP contribution in [0, 0.1) is 0 Å². The molecular formula is C21H14N3O2S-. The second-order valence-corrected chi connectivity index (χ2v) is 6.73. The van der Waals surface area contributed by atoms with E-state index in [1.807, 2.05) is 58.7 Å². The van der Waals surface area contributed by atoms with Crippen LogP contribution in [0.5, 0.6) is 0 Å². The van der Waals surface area contributed by atoms with Crippen LogP contribution in [-0.4, -0.2) is 22.0 Å². The number of carbonyl (C=O) groups excluding carboxylic acids is 1. The summed E-state index contributed by atoms with van der Waals surface area (Å²) < 4.78 is 1.83. The van der Waals surface area contributed by atoms with Gasteiger partial charge in [0, 0.05) is 18.0 Å². The summed E-state index contributed by atoms with van der Waals surface area (Å²) in [5, 5.41) is 17.6. The number of para-hydroxylation sites is 1. The fourth-order valence-electron chi connectivity index (χ4n) is 2.63. The van der Waals surface area contributed by atoms with Gasteiger partial charge in [0.25, 0.3) is 0 Å². The van der Waals surface area contributed by atoms with E-state index >= 15 is 0 Å². The maximum Gasteiger partial charge on any atom is 0.111 e. The van der Waals surface area contributed by atoms with Gasteiger partial charge in [-0.25, -0.2) is 4.68 Å². The van der Waals surface area contributed by atoms with Gasteiger partial charge in [0.2, 0.25) is 0 Å². The topological polar surface area (TPSA) is 70.3 Å². The Labute approximate surface area is 159 Å². The van der Waals surface area contributed by atoms with Crippen LogP contribution in [0.25, 0.3) is 16.3 Å². The monoisotopic (exact) mass is 372 g/mol. The highest BCUT2D eigenvalue weighted by Crippen LogP contribution is 2.27. The van der Waals surface area contributed by atoms with Gasteiger partial charge in [-0.3, -0.25) is 4.99 Å². The van der Waals surface area contributed by atoms with Crippen LogP contribution in [0.3, 0.4) is 0 Å². The quantitative estimate of drug-likeness (QED) is 0.501. The van der Waals surface area contributed by atoms with E-state index in [0.29, 0.717) is 5.69 Å². The van der Waals surface area contributed by atoms with Crippen molar-refractivity contribution in [3.05, 3.63) is 89.4 Å². The maximum atomic E-state index is 10.8. The number of aromatic nitrogens is 2. The van der Waals surface area contributed by atoms with Gasteiger partial charge in [0.15, 0.2) is 0 Å². The summed E-state index contributed by atoms with van der Waals surface area (Å²) in [5.74, 6) is -1.20. The molecule has 2 aromatic carbocycles. The van der Waals surface area contributed by atoms with Crippen LogP contribution < -0.4 is 5.11 Å². The van der Waals surface area contributed by atoms with Crippen molar-refractivity contribution >= 4 is 29.2 Å². The standard InChI is InChI=1S/C21H15N3O2S/c25-21(26)15-8-10-17(11-9-15)22-13-16-14-24(18-5-2-1-3-6-18)23-20(16)19-7-4-12-27-19/h1-14H,(H,25,26)/p-1. The Morgan fingerprint density at radius 3 is 2.48 bits per heavy atom. The van der Waals surface area contributed by atoms with E-state index in [4.69, 9.17) is 5.10 Å². The molecule has 0 aliphatic rings. The molecule has 6 heteroatoms. The molecule has 0 amide bonds. The molecule has 0 fully saturated rings. The second-order valence-electron chi connectivity index (χ2n) is 5.78. The van der Waals surface area contributed by atoms with E-state index in [2.05, 4.69) is 4.99 Å². The van der Waals surface area contributed by atoms with Crippen molar-refractivity contribution in [2.24, 2.45) is 4.99 Å². The van der Waals surface area contributed by atoms with Crippen molar-refractivity contribution in [3.8, 4) is 16.3 Å². The summed E-state index contributed by atoms with van der Waals surface area (Å²) in [7, 11) is 0. The Morgan fingerprint density at radius 1 is 1.04 bits per heavy atom. The molecule has 2 heterocycles. The number of hydrogen-bond donors (Lipinski definition) is 0. The first-order valence-corrected chi connectivity index (χ1v) is 9.13. The molecule has 0 unspecified atom stereocenters. The molecule has 0 aliphatic heterocycles. The molecule has 5 nitrogen and oxygen atoms in total. The lowest BCUT2D eigenvalue weighted by atomic mass is 10.2. The number of aromatic carboxylic acids is 1. The second kappa shape index (κ2) is 7.39. The molecule has 0 atom stereocenters. The van der Waals surface area contributed by atoms with Crippen molar-refractivity contribution in [2.45, 2.75) is 0 Å². The summed E-state index contributed by atoms with van der Waals surface area (Å²) in [6.45, 7) is 0. The minimum Gasteiger partial charge on any atom is -0.545 e. The zero-order valence-electron chi connectivity index (χ0n) is 14.1. The molecule has 0 N–H and O–H groups in total. The predicted octanol–water partition coefficient (Wildman–Crippen LogP) is 3.71. The maximum absolute atomic E-state index is 10.8. The molecule has 0 saturated carbocycles. The predicted molar refractivity (Wildman–Crippen MR) is 105 cm³/mol. The van der Waals surface area contributed by atoms with E-state index in [0.717, 1.165) is 21.8 Å². The number of rotatable bonds is 5. The largest absolute Gasteiger partial charge is 0.545 e. The Bertz CT molecular complexity index is 1080. The minimum atomic E-state index is -1.20. The Morgan fingerprint density at radius 2 is 1.81 bits per heavy atom. The van der Waals surface area contributed by atoms with Crippen LogP contribution in [-0.2, 0) is 0 Å². The molecule has 4 rings (SSSR count). The third-order valence-corrected chi connectivity index (χ3v) is 4.85. The van der Waals surface area contributed by atoms with Gasteiger partial charge >= 0.3 is 0 Å². The lowest BCUT2D eigenvalue weighted by Gasteiger charge is -2.01. The fraction of sp³-hybridized carbons (Fsp3) is 0. The van der Waals surface area contributed by atoms with Crippen LogP contribution in [0.4, 0.5) is 5.69 Å². The summed E-state index contributed by atoms with van der Waals surface area (Å²) in [6.07, 6.45) is 3.68. The van der Waals surface area contributed by atoms with Crippen LogP contribution in [0.2, 0.25) is 0 Å². The zero-order chi connectivity index (χ0) is 18.6. The first kappa shape index (κ1) is 16.9. The fourth-order valence-corrected chi connectivity index (χ4v) is 3.36. The molecule has 2 aromatic heterocycles. The number of aliphatic imine (C=N–C) groups is 1. The van der Waals surface area contributed by atoms with Gasteiger partial charge < -0.3 is 9.90 Å². The molecule has 27 heavy (non-hydrogen) atoms. The van der Waals surface area contributed by atoms with Gasteiger partial charge in [-0.2, -0.15) is 5.10 Å². The van der Waals surface area contributed by atoms with Gasteiger partial charge in [0.1, 0.15) is 5.69 Å². The Hall–Kier alpha value is -3.51. The van der Waals surface area contributed by atoms with Crippen molar-refractivity contribution in [3.63, 3.8) is 0 Å². The molecular weight excluding hydrogens is 358 g/mol. The highest BCUT2D eigenvalue weighted by Gasteiger charge is 2.11. The number of nitrogens with zero attached hydrogens (tertiary/aromatic N) is 3. The highest BCUT2D eigenvalue weighted by atomic mass is 32.1. The molecule has 0 aliphatic carbocycles. The SMILES string of the molecule is O=C([O-])c1ccc(N=Cc2cn(-c3ccccc3)nc2-c2cccs2)cc1. The van der Waals surface area contributed by atoms with Gasteiger partial charge in [-0.1, -0.05) is 36.4 Å². The number of carbonyl (C=O) groups is 1. The first-order chi connectivity index (χ1) is 13.2. The first-order valence-electron chi connectivity index (χ1n) is 8.25. The van der Waals surface area contributed by atoms with E-state index in [1.54, 1.807) is 29.7 Å². The molecule has 132 valence electrons. The highest BCUT2D eigenvalue weighted by molar-refractivity contribution is 7.13. The third-order valence-electron chi connectivity index (χ3n) is 3.97. The van der Waals surface area contributed by atoms with E-state index < -0.39 is 5.97 Å². The molecule has 4 aromatic rings. The molecule has 0 spiro atoms. The molecule has 0 radical (unpaired) electrons. The van der Waals surface area contributed by atoms with Crippen molar-refractivity contribution in [1.29, 1.82) is 0 Å². The number of thiophene rings is 1. The lowest BCUT2D eigenvalue weighted by Crippen LogP contribution is -2.21. The molecule has 0 bridgehead atoms. The minimum absolute atomic E-state index is 0.130. The Balaban J connectivity index is 1.70. The normalized spacial score (nSPS) is 11.1. The van der Waals surface area contributed by atoms with Crippen LogP contribution >= 0.6 is 11.3 Å². The number of carboxylic acid groups (broad SMARTS) is 1. The summed E-state index contributed by atoms with van der Waals surface area (Å²) in [6, 6.07) is 20.1. The summed E-state index contributed by atoms with van der Waals surface area (Å²) >= 11 is 1.62. The molecule has 0 saturated heterocycles. The number of benzene rings is 2.